The van der Waals surface area contributed by atoms with Crippen molar-refractivity contribution >= 4 is 5.91 Å². The molecule has 1 aromatic carbocycles. The van der Waals surface area contributed by atoms with E-state index in [1.807, 2.05) is 29.3 Å². The average Bonchev–Trinajstić information content (AvgIpc) is 3.33. The van der Waals surface area contributed by atoms with Crippen molar-refractivity contribution in [3.63, 3.8) is 0 Å². The quantitative estimate of drug-likeness (QED) is 0.737. The molecule has 1 fully saturated rings. The number of hydrogen-bond acceptors (Lipinski definition) is 3. The zero-order valence-corrected chi connectivity index (χ0v) is 14.2. The van der Waals surface area contributed by atoms with Crippen LogP contribution in [-0.4, -0.2) is 31.9 Å². The van der Waals surface area contributed by atoms with E-state index in [1.54, 1.807) is 29.4 Å². The van der Waals surface area contributed by atoms with Crippen LogP contribution >= 0.6 is 0 Å². The number of carbonyl (C=O) groups excluding carboxylic acids is 1. The van der Waals surface area contributed by atoms with Gasteiger partial charge in [0.1, 0.15) is 12.1 Å². The van der Waals surface area contributed by atoms with Crippen LogP contribution in [0.2, 0.25) is 0 Å². The molecule has 5 nitrogen and oxygen atoms in total. The number of amides is 1. The molecule has 0 bridgehead atoms. The van der Waals surface area contributed by atoms with Crippen LogP contribution in [0.4, 0.5) is 0 Å². The summed E-state index contributed by atoms with van der Waals surface area (Å²) in [7, 11) is 0. The van der Waals surface area contributed by atoms with Gasteiger partial charge in [-0.3, -0.25) is 9.36 Å². The van der Waals surface area contributed by atoms with Crippen molar-refractivity contribution in [2.45, 2.75) is 25.8 Å². The van der Waals surface area contributed by atoms with Crippen LogP contribution in [0.5, 0.6) is 0 Å². The SMILES string of the molecule is Cc1ccccc1C1CCCN1C(=O)c1ccnc(-n2ccnc2)c1. The third-order valence-electron chi connectivity index (χ3n) is 4.82. The Morgan fingerprint density at radius 1 is 1.20 bits per heavy atom. The van der Waals surface area contributed by atoms with Gasteiger partial charge in [0.15, 0.2) is 0 Å². The molecule has 2 aromatic heterocycles. The minimum atomic E-state index is 0.0644. The second kappa shape index (κ2) is 6.51. The van der Waals surface area contributed by atoms with Gasteiger partial charge in [0, 0.05) is 30.7 Å². The average molecular weight is 332 g/mol. The Labute approximate surface area is 147 Å². The highest BCUT2D eigenvalue weighted by Crippen LogP contribution is 2.34. The van der Waals surface area contributed by atoms with Gasteiger partial charge in [0.25, 0.3) is 5.91 Å². The predicted octanol–water partition coefficient (Wildman–Crippen LogP) is 3.55. The number of nitrogens with zero attached hydrogens (tertiary/aromatic N) is 4. The maximum Gasteiger partial charge on any atom is 0.254 e. The van der Waals surface area contributed by atoms with Gasteiger partial charge in [0.05, 0.1) is 6.04 Å². The number of rotatable bonds is 3. The standard InChI is InChI=1S/C20H20N4O/c1-15-5-2-3-6-17(15)18-7-4-11-24(18)20(25)16-8-9-22-19(13-16)23-12-10-21-14-23/h2-3,5-6,8-10,12-14,18H,4,7,11H2,1H3. The normalized spacial score (nSPS) is 17.0. The summed E-state index contributed by atoms with van der Waals surface area (Å²) in [4.78, 5) is 23.5. The number of aromatic nitrogens is 3. The Morgan fingerprint density at radius 3 is 2.88 bits per heavy atom. The molecule has 126 valence electrons. The number of benzene rings is 1. The lowest BCUT2D eigenvalue weighted by atomic mass is 9.99. The van der Waals surface area contributed by atoms with E-state index >= 15 is 0 Å². The van der Waals surface area contributed by atoms with Gasteiger partial charge < -0.3 is 4.90 Å². The van der Waals surface area contributed by atoms with Gasteiger partial charge in [-0.1, -0.05) is 24.3 Å². The van der Waals surface area contributed by atoms with Crippen molar-refractivity contribution in [2.24, 2.45) is 0 Å². The van der Waals surface area contributed by atoms with Crippen molar-refractivity contribution in [1.82, 2.24) is 19.4 Å². The second-order valence-electron chi connectivity index (χ2n) is 6.39. The minimum absolute atomic E-state index is 0.0644. The summed E-state index contributed by atoms with van der Waals surface area (Å²) in [6.07, 6.45) is 8.93. The summed E-state index contributed by atoms with van der Waals surface area (Å²) in [6.45, 7) is 2.90. The molecule has 1 aliphatic rings. The maximum atomic E-state index is 13.1. The highest BCUT2D eigenvalue weighted by molar-refractivity contribution is 5.95. The van der Waals surface area contributed by atoms with Crippen LogP contribution in [0.15, 0.2) is 61.3 Å². The predicted molar refractivity (Wildman–Crippen MR) is 95.5 cm³/mol. The van der Waals surface area contributed by atoms with Crippen LogP contribution in [0, 0.1) is 6.92 Å². The summed E-state index contributed by atoms with van der Waals surface area (Å²) in [5.74, 6) is 0.768. The number of likely N-dealkylation sites (tertiary alicyclic amines) is 1. The van der Waals surface area contributed by atoms with E-state index in [0.717, 1.165) is 19.4 Å². The maximum absolute atomic E-state index is 13.1. The summed E-state index contributed by atoms with van der Waals surface area (Å²) >= 11 is 0. The third-order valence-corrected chi connectivity index (χ3v) is 4.82. The molecule has 0 saturated carbocycles. The van der Waals surface area contributed by atoms with Gasteiger partial charge in [-0.2, -0.15) is 0 Å². The fourth-order valence-corrected chi connectivity index (χ4v) is 3.55. The van der Waals surface area contributed by atoms with E-state index in [0.29, 0.717) is 11.4 Å². The van der Waals surface area contributed by atoms with Crippen LogP contribution in [0.1, 0.15) is 40.4 Å². The second-order valence-corrected chi connectivity index (χ2v) is 6.39. The molecule has 3 heterocycles. The Morgan fingerprint density at radius 2 is 2.08 bits per heavy atom. The fraction of sp³-hybridized carbons (Fsp3) is 0.250. The monoisotopic (exact) mass is 332 g/mol. The smallest absolute Gasteiger partial charge is 0.254 e. The first-order chi connectivity index (χ1) is 12.2. The van der Waals surface area contributed by atoms with Crippen molar-refractivity contribution in [2.75, 3.05) is 6.54 Å². The minimum Gasteiger partial charge on any atom is -0.332 e. The molecule has 0 N–H and O–H groups in total. The van der Waals surface area contributed by atoms with Gasteiger partial charge in [-0.05, 0) is 43.0 Å². The van der Waals surface area contributed by atoms with Crippen LogP contribution in [0.25, 0.3) is 5.82 Å². The van der Waals surface area contributed by atoms with E-state index in [-0.39, 0.29) is 11.9 Å². The van der Waals surface area contributed by atoms with Gasteiger partial charge in [-0.15, -0.1) is 0 Å². The largest absolute Gasteiger partial charge is 0.332 e. The number of aryl methyl sites for hydroxylation is 1. The number of pyridine rings is 1. The molecule has 0 spiro atoms. The van der Waals surface area contributed by atoms with E-state index in [2.05, 4.69) is 29.0 Å². The summed E-state index contributed by atoms with van der Waals surface area (Å²) in [5.41, 5.74) is 3.15. The first-order valence-corrected chi connectivity index (χ1v) is 8.55. The van der Waals surface area contributed by atoms with Crippen LogP contribution in [-0.2, 0) is 0 Å². The molecule has 5 heteroatoms. The molecule has 0 aliphatic carbocycles. The lowest BCUT2D eigenvalue weighted by Gasteiger charge is -2.26. The lowest BCUT2D eigenvalue weighted by Crippen LogP contribution is -2.31. The third kappa shape index (κ3) is 2.93. The van der Waals surface area contributed by atoms with E-state index in [9.17, 15) is 4.79 Å². The van der Waals surface area contributed by atoms with E-state index < -0.39 is 0 Å². The zero-order chi connectivity index (χ0) is 17.2. The molecular weight excluding hydrogens is 312 g/mol. The number of carbonyl (C=O) groups is 1. The lowest BCUT2D eigenvalue weighted by molar-refractivity contribution is 0.0735. The fourth-order valence-electron chi connectivity index (χ4n) is 3.55. The molecule has 1 amide bonds. The van der Waals surface area contributed by atoms with Crippen molar-refractivity contribution < 1.29 is 4.79 Å². The summed E-state index contributed by atoms with van der Waals surface area (Å²) in [5, 5.41) is 0. The van der Waals surface area contributed by atoms with Crippen molar-refractivity contribution in [1.29, 1.82) is 0 Å². The van der Waals surface area contributed by atoms with Crippen LogP contribution < -0.4 is 0 Å². The number of imidazole rings is 1. The Kier molecular flexibility index (Phi) is 4.06. The summed E-state index contributed by atoms with van der Waals surface area (Å²) in [6, 6.07) is 12.1. The molecule has 25 heavy (non-hydrogen) atoms. The molecule has 4 rings (SSSR count). The molecule has 1 atom stereocenters. The molecular formula is C20H20N4O. The molecule has 1 aliphatic heterocycles. The van der Waals surface area contributed by atoms with Gasteiger partial charge >= 0.3 is 0 Å². The first kappa shape index (κ1) is 15.6. The first-order valence-electron chi connectivity index (χ1n) is 8.55. The zero-order valence-electron chi connectivity index (χ0n) is 14.2. The number of hydrogen-bond donors (Lipinski definition) is 0. The van der Waals surface area contributed by atoms with Gasteiger partial charge in [0.2, 0.25) is 0 Å². The van der Waals surface area contributed by atoms with Crippen molar-refractivity contribution in [3.8, 4) is 5.82 Å². The topological polar surface area (TPSA) is 51.0 Å². The van der Waals surface area contributed by atoms with E-state index in [1.165, 1.54) is 11.1 Å². The molecule has 3 aromatic rings. The van der Waals surface area contributed by atoms with Crippen LogP contribution in [0.3, 0.4) is 0 Å². The Balaban J connectivity index is 1.64. The van der Waals surface area contributed by atoms with E-state index in [4.69, 9.17) is 0 Å². The highest BCUT2D eigenvalue weighted by Gasteiger charge is 2.31. The molecule has 0 radical (unpaired) electrons. The van der Waals surface area contributed by atoms with Gasteiger partial charge in [-0.25, -0.2) is 9.97 Å². The molecule has 1 unspecified atom stereocenters. The van der Waals surface area contributed by atoms with Crippen molar-refractivity contribution in [3.05, 3.63) is 78.0 Å². The summed E-state index contributed by atoms with van der Waals surface area (Å²) < 4.78 is 1.81. The highest BCUT2D eigenvalue weighted by atomic mass is 16.2. The Hall–Kier alpha value is -2.95. The molecule has 1 saturated heterocycles. The Bertz CT molecular complexity index is 888.